The van der Waals surface area contributed by atoms with E-state index >= 15 is 0 Å². The molecular formula is C15H25NO2. The van der Waals surface area contributed by atoms with E-state index in [0.717, 1.165) is 5.56 Å². The third-order valence-corrected chi connectivity index (χ3v) is 3.50. The minimum absolute atomic E-state index is 0.319. The zero-order valence-electron chi connectivity index (χ0n) is 12.3. The molecule has 3 heteroatoms. The van der Waals surface area contributed by atoms with Crippen molar-refractivity contribution in [3.05, 3.63) is 29.8 Å². The van der Waals surface area contributed by atoms with Gasteiger partial charge in [-0.25, -0.2) is 0 Å². The van der Waals surface area contributed by atoms with Gasteiger partial charge in [0.2, 0.25) is 0 Å². The van der Waals surface area contributed by atoms with E-state index in [0.29, 0.717) is 5.69 Å². The van der Waals surface area contributed by atoms with Crippen molar-refractivity contribution in [2.75, 3.05) is 5.73 Å². The summed E-state index contributed by atoms with van der Waals surface area (Å²) < 4.78 is 11.9. The van der Waals surface area contributed by atoms with Crippen molar-refractivity contribution in [1.82, 2.24) is 0 Å². The third-order valence-electron chi connectivity index (χ3n) is 3.50. The van der Waals surface area contributed by atoms with Gasteiger partial charge in [-0.15, -0.1) is 0 Å². The Morgan fingerprint density at radius 2 is 1.39 bits per heavy atom. The Morgan fingerprint density at radius 3 is 1.83 bits per heavy atom. The van der Waals surface area contributed by atoms with Crippen LogP contribution in [0.5, 0.6) is 0 Å². The lowest BCUT2D eigenvalue weighted by Gasteiger charge is -2.30. The number of hydrogen-bond acceptors (Lipinski definition) is 3. The summed E-state index contributed by atoms with van der Waals surface area (Å²) in [4.78, 5) is 0. The van der Waals surface area contributed by atoms with Gasteiger partial charge in [-0.2, -0.15) is 0 Å². The molecule has 0 aromatic heterocycles. The predicted octanol–water partition coefficient (Wildman–Crippen LogP) is 3.90. The fourth-order valence-electron chi connectivity index (χ4n) is 1.70. The number of para-hydroxylation sites is 1. The highest BCUT2D eigenvalue weighted by atomic mass is 16.7. The number of nitrogens with two attached hydrogens (primary N) is 1. The lowest BCUT2D eigenvalue weighted by molar-refractivity contribution is -0.0890. The van der Waals surface area contributed by atoms with E-state index in [1.807, 2.05) is 65.8 Å². The summed E-state index contributed by atoms with van der Waals surface area (Å²) >= 11 is 0. The van der Waals surface area contributed by atoms with Gasteiger partial charge < -0.3 is 15.2 Å². The predicted molar refractivity (Wildman–Crippen MR) is 75.3 cm³/mol. The fraction of sp³-hybridized carbons (Fsp3) is 0.600. The zero-order chi connectivity index (χ0) is 14.0. The van der Waals surface area contributed by atoms with E-state index in [2.05, 4.69) is 0 Å². The maximum absolute atomic E-state index is 5.93. The van der Waals surface area contributed by atoms with Crippen LogP contribution in [0.4, 0.5) is 5.69 Å². The Morgan fingerprint density at radius 1 is 0.944 bits per heavy atom. The topological polar surface area (TPSA) is 44.5 Å². The highest BCUT2D eigenvalue weighted by Gasteiger charge is 2.49. The summed E-state index contributed by atoms with van der Waals surface area (Å²) in [6, 6.07) is 7.65. The molecule has 102 valence electrons. The lowest BCUT2D eigenvalue weighted by Crippen LogP contribution is -2.41. The monoisotopic (exact) mass is 251 g/mol. The highest BCUT2D eigenvalue weighted by molar-refractivity contribution is 5.47. The molecule has 1 aromatic rings. The minimum Gasteiger partial charge on any atom is -0.398 e. The van der Waals surface area contributed by atoms with Gasteiger partial charge in [-0.3, -0.25) is 0 Å². The fourth-order valence-corrected chi connectivity index (χ4v) is 1.70. The van der Waals surface area contributed by atoms with Crippen molar-refractivity contribution in [2.24, 2.45) is 0 Å². The van der Waals surface area contributed by atoms with Crippen LogP contribution < -0.4 is 5.73 Å². The Bertz CT molecular complexity index is 383. The molecule has 1 fully saturated rings. The molecule has 0 amide bonds. The molecular weight excluding hydrogens is 226 g/mol. The van der Waals surface area contributed by atoms with E-state index < -0.39 is 0 Å². The SMILES string of the molecule is CC.CC1(C)OC(c2ccccc2N)OC1(C)C. The van der Waals surface area contributed by atoms with Crippen LogP contribution in [-0.4, -0.2) is 11.2 Å². The molecule has 2 rings (SSSR count). The summed E-state index contributed by atoms with van der Waals surface area (Å²) in [6.07, 6.45) is -0.369. The second-order valence-electron chi connectivity index (χ2n) is 5.22. The van der Waals surface area contributed by atoms with Crippen LogP contribution in [0.3, 0.4) is 0 Å². The first-order valence-corrected chi connectivity index (χ1v) is 6.53. The quantitative estimate of drug-likeness (QED) is 0.770. The summed E-state index contributed by atoms with van der Waals surface area (Å²) in [7, 11) is 0. The summed E-state index contributed by atoms with van der Waals surface area (Å²) in [5.41, 5.74) is 6.89. The van der Waals surface area contributed by atoms with Gasteiger partial charge in [-0.1, -0.05) is 32.0 Å². The van der Waals surface area contributed by atoms with Gasteiger partial charge in [0.15, 0.2) is 6.29 Å². The molecule has 18 heavy (non-hydrogen) atoms. The standard InChI is InChI=1S/C13H19NO2.C2H6/c1-12(2)13(3,4)16-11(15-12)9-7-5-6-8-10(9)14;1-2/h5-8,11H,14H2,1-4H3;1-2H3. The van der Waals surface area contributed by atoms with E-state index in [9.17, 15) is 0 Å². The number of hydrogen-bond donors (Lipinski definition) is 1. The van der Waals surface area contributed by atoms with Crippen LogP contribution in [0, 0.1) is 0 Å². The van der Waals surface area contributed by atoms with Gasteiger partial charge in [0, 0.05) is 11.3 Å². The van der Waals surface area contributed by atoms with Crippen molar-refractivity contribution in [3.8, 4) is 0 Å². The molecule has 1 heterocycles. The third kappa shape index (κ3) is 2.68. The number of rotatable bonds is 1. The number of ether oxygens (including phenoxy) is 2. The smallest absolute Gasteiger partial charge is 0.187 e. The molecule has 1 aliphatic rings. The summed E-state index contributed by atoms with van der Waals surface area (Å²) in [6.45, 7) is 12.1. The van der Waals surface area contributed by atoms with Crippen molar-refractivity contribution in [1.29, 1.82) is 0 Å². The number of nitrogen functional groups attached to an aromatic ring is 1. The van der Waals surface area contributed by atoms with Crippen LogP contribution in [-0.2, 0) is 9.47 Å². The first-order chi connectivity index (χ1) is 8.33. The van der Waals surface area contributed by atoms with Gasteiger partial charge in [0.05, 0.1) is 11.2 Å². The lowest BCUT2D eigenvalue weighted by atomic mass is 9.90. The second-order valence-corrected chi connectivity index (χ2v) is 5.22. The Balaban J connectivity index is 0.000000771. The molecule has 0 radical (unpaired) electrons. The second kappa shape index (κ2) is 5.29. The van der Waals surface area contributed by atoms with E-state index in [-0.39, 0.29) is 17.5 Å². The average molecular weight is 251 g/mol. The van der Waals surface area contributed by atoms with Gasteiger partial charge in [0.25, 0.3) is 0 Å². The molecule has 1 saturated heterocycles. The van der Waals surface area contributed by atoms with Crippen LogP contribution in [0.1, 0.15) is 53.4 Å². The maximum Gasteiger partial charge on any atom is 0.187 e. The van der Waals surface area contributed by atoms with Crippen LogP contribution in [0.2, 0.25) is 0 Å². The van der Waals surface area contributed by atoms with E-state index in [4.69, 9.17) is 15.2 Å². The first-order valence-electron chi connectivity index (χ1n) is 6.53. The van der Waals surface area contributed by atoms with Gasteiger partial charge in [0.1, 0.15) is 0 Å². The van der Waals surface area contributed by atoms with Crippen molar-refractivity contribution in [2.45, 2.75) is 59.0 Å². The molecule has 2 N–H and O–H groups in total. The van der Waals surface area contributed by atoms with Crippen LogP contribution in [0.25, 0.3) is 0 Å². The van der Waals surface area contributed by atoms with Crippen molar-refractivity contribution < 1.29 is 9.47 Å². The Labute approximate surface area is 110 Å². The normalized spacial score (nSPS) is 21.2. The molecule has 0 atom stereocenters. The molecule has 0 bridgehead atoms. The number of anilines is 1. The van der Waals surface area contributed by atoms with E-state index in [1.54, 1.807) is 0 Å². The summed E-state index contributed by atoms with van der Waals surface area (Å²) in [5.74, 6) is 0. The molecule has 0 spiro atoms. The molecule has 0 saturated carbocycles. The Kier molecular flexibility index (Phi) is 4.41. The molecule has 0 aliphatic carbocycles. The van der Waals surface area contributed by atoms with Gasteiger partial charge >= 0.3 is 0 Å². The zero-order valence-corrected chi connectivity index (χ0v) is 12.3. The highest BCUT2D eigenvalue weighted by Crippen LogP contribution is 2.45. The van der Waals surface area contributed by atoms with Gasteiger partial charge in [-0.05, 0) is 33.8 Å². The number of benzene rings is 1. The minimum atomic E-state index is -0.369. The molecule has 1 aliphatic heterocycles. The van der Waals surface area contributed by atoms with E-state index in [1.165, 1.54) is 0 Å². The molecule has 1 aromatic carbocycles. The largest absolute Gasteiger partial charge is 0.398 e. The summed E-state index contributed by atoms with van der Waals surface area (Å²) in [5, 5.41) is 0. The Hall–Kier alpha value is -1.06. The van der Waals surface area contributed by atoms with Crippen LogP contribution in [0.15, 0.2) is 24.3 Å². The van der Waals surface area contributed by atoms with Crippen molar-refractivity contribution in [3.63, 3.8) is 0 Å². The molecule has 0 unspecified atom stereocenters. The maximum atomic E-state index is 5.93. The molecule has 3 nitrogen and oxygen atoms in total. The first kappa shape index (κ1) is 15.0. The van der Waals surface area contributed by atoms with Crippen LogP contribution >= 0.6 is 0 Å². The average Bonchev–Trinajstić information content (AvgIpc) is 2.51. The van der Waals surface area contributed by atoms with Crippen molar-refractivity contribution >= 4 is 5.69 Å².